The molecule has 17 heavy (non-hydrogen) atoms. The van der Waals surface area contributed by atoms with Crippen LogP contribution in [-0.2, 0) is 4.79 Å². The Morgan fingerprint density at radius 1 is 1.41 bits per heavy atom. The van der Waals surface area contributed by atoms with Crippen LogP contribution in [0.2, 0.25) is 0 Å². The van der Waals surface area contributed by atoms with Crippen LogP contribution in [-0.4, -0.2) is 24.2 Å². The van der Waals surface area contributed by atoms with Gasteiger partial charge in [-0.25, -0.2) is 4.39 Å². The number of rotatable bonds is 3. The zero-order valence-corrected chi connectivity index (χ0v) is 9.60. The first-order valence-electron chi connectivity index (χ1n) is 5.87. The van der Waals surface area contributed by atoms with Crippen LogP contribution in [0, 0.1) is 11.7 Å². The maximum atomic E-state index is 13.1. The zero-order chi connectivity index (χ0) is 12.3. The number of hydrogen-bond donors (Lipinski definition) is 1. The molecule has 0 bridgehead atoms. The van der Waals surface area contributed by atoms with Crippen molar-refractivity contribution in [2.45, 2.75) is 19.3 Å². The van der Waals surface area contributed by atoms with Crippen LogP contribution in [0.1, 0.15) is 19.3 Å². The van der Waals surface area contributed by atoms with Gasteiger partial charge in [0.2, 0.25) is 0 Å². The number of piperidine rings is 1. The second-order valence-electron chi connectivity index (χ2n) is 4.51. The molecule has 0 aliphatic carbocycles. The van der Waals surface area contributed by atoms with Crippen LogP contribution in [0.15, 0.2) is 24.3 Å². The van der Waals surface area contributed by atoms with Crippen LogP contribution in [0.3, 0.4) is 0 Å². The Balaban J connectivity index is 1.93. The van der Waals surface area contributed by atoms with Gasteiger partial charge in [0.05, 0.1) is 0 Å². The molecule has 1 heterocycles. The molecule has 0 atom stereocenters. The largest absolute Gasteiger partial charge is 0.481 e. The van der Waals surface area contributed by atoms with Gasteiger partial charge in [0.15, 0.2) is 0 Å². The number of carbonyl (C=O) groups is 1. The summed E-state index contributed by atoms with van der Waals surface area (Å²) in [6, 6.07) is 6.55. The second-order valence-corrected chi connectivity index (χ2v) is 4.51. The lowest BCUT2D eigenvalue weighted by atomic mass is 9.93. The molecule has 1 aliphatic heterocycles. The summed E-state index contributed by atoms with van der Waals surface area (Å²) in [5.74, 6) is -0.693. The van der Waals surface area contributed by atoms with Crippen LogP contribution in [0.25, 0.3) is 0 Å². The molecule has 4 heteroatoms. The van der Waals surface area contributed by atoms with Crippen molar-refractivity contribution < 1.29 is 14.3 Å². The van der Waals surface area contributed by atoms with E-state index in [9.17, 15) is 9.18 Å². The van der Waals surface area contributed by atoms with Gasteiger partial charge in [-0.1, -0.05) is 6.07 Å². The Morgan fingerprint density at radius 3 is 2.71 bits per heavy atom. The summed E-state index contributed by atoms with van der Waals surface area (Å²) in [6.07, 6.45) is 1.97. The summed E-state index contributed by atoms with van der Waals surface area (Å²) in [6.45, 7) is 1.61. The minimum Gasteiger partial charge on any atom is -0.481 e. The molecule has 2 rings (SSSR count). The van der Waals surface area contributed by atoms with Crippen LogP contribution in [0.5, 0.6) is 0 Å². The predicted octanol–water partition coefficient (Wildman–Crippen LogP) is 2.52. The number of halogens is 1. The SMILES string of the molecule is O=C(O)CC1CCN(c2cccc(F)c2)CC1. The molecule has 1 saturated heterocycles. The van der Waals surface area contributed by atoms with Gasteiger partial charge in [-0.15, -0.1) is 0 Å². The molecule has 1 aliphatic rings. The highest BCUT2D eigenvalue weighted by molar-refractivity contribution is 5.67. The highest BCUT2D eigenvalue weighted by atomic mass is 19.1. The molecule has 1 aromatic rings. The fourth-order valence-corrected chi connectivity index (χ4v) is 2.32. The minimum absolute atomic E-state index is 0.227. The number of anilines is 1. The Morgan fingerprint density at radius 2 is 2.12 bits per heavy atom. The number of carboxylic acids is 1. The first-order chi connectivity index (χ1) is 8.15. The molecule has 0 unspecified atom stereocenters. The normalized spacial score (nSPS) is 17.1. The number of aliphatic carboxylic acids is 1. The summed E-state index contributed by atoms with van der Waals surface area (Å²) >= 11 is 0. The summed E-state index contributed by atoms with van der Waals surface area (Å²) in [5, 5.41) is 8.72. The molecule has 1 N–H and O–H groups in total. The van der Waals surface area contributed by atoms with Gasteiger partial charge < -0.3 is 10.0 Å². The van der Waals surface area contributed by atoms with Crippen LogP contribution in [0.4, 0.5) is 10.1 Å². The second kappa shape index (κ2) is 5.17. The number of benzene rings is 1. The maximum Gasteiger partial charge on any atom is 0.303 e. The first-order valence-corrected chi connectivity index (χ1v) is 5.87. The topological polar surface area (TPSA) is 40.5 Å². The van der Waals surface area contributed by atoms with Crippen LogP contribution >= 0.6 is 0 Å². The van der Waals surface area contributed by atoms with Gasteiger partial charge >= 0.3 is 5.97 Å². The average Bonchev–Trinajstić information content (AvgIpc) is 2.29. The molecular formula is C13H16FNO2. The van der Waals surface area contributed by atoms with Gasteiger partial charge in [-0.2, -0.15) is 0 Å². The fourth-order valence-electron chi connectivity index (χ4n) is 2.32. The van der Waals surface area contributed by atoms with Gasteiger partial charge in [0, 0.05) is 25.2 Å². The highest BCUT2D eigenvalue weighted by Gasteiger charge is 2.21. The first kappa shape index (κ1) is 11.9. The van der Waals surface area contributed by atoms with E-state index in [1.54, 1.807) is 6.07 Å². The van der Waals surface area contributed by atoms with Crippen molar-refractivity contribution in [2.75, 3.05) is 18.0 Å². The molecule has 0 saturated carbocycles. The number of hydrogen-bond acceptors (Lipinski definition) is 2. The molecule has 0 radical (unpaired) electrons. The third-order valence-electron chi connectivity index (χ3n) is 3.25. The van der Waals surface area contributed by atoms with Crippen molar-refractivity contribution >= 4 is 11.7 Å². The Kier molecular flexibility index (Phi) is 3.61. The molecule has 0 amide bonds. The monoisotopic (exact) mass is 237 g/mol. The van der Waals surface area contributed by atoms with Crippen LogP contribution < -0.4 is 4.90 Å². The van der Waals surface area contributed by atoms with E-state index in [2.05, 4.69) is 4.90 Å². The van der Waals surface area contributed by atoms with Crippen molar-refractivity contribution in [3.05, 3.63) is 30.1 Å². The highest BCUT2D eigenvalue weighted by Crippen LogP contribution is 2.25. The van der Waals surface area contributed by atoms with Gasteiger partial charge in [0.25, 0.3) is 0 Å². The fraction of sp³-hybridized carbons (Fsp3) is 0.462. The summed E-state index contributed by atoms with van der Waals surface area (Å²) in [4.78, 5) is 12.7. The van der Waals surface area contributed by atoms with E-state index >= 15 is 0 Å². The maximum absolute atomic E-state index is 13.1. The van der Waals surface area contributed by atoms with Crippen molar-refractivity contribution in [1.29, 1.82) is 0 Å². The Bertz CT molecular complexity index is 400. The third-order valence-corrected chi connectivity index (χ3v) is 3.25. The lowest BCUT2D eigenvalue weighted by molar-refractivity contribution is -0.138. The molecule has 0 aromatic heterocycles. The molecular weight excluding hydrogens is 221 g/mol. The van der Waals surface area contributed by atoms with Crippen molar-refractivity contribution in [3.8, 4) is 0 Å². The average molecular weight is 237 g/mol. The lowest BCUT2D eigenvalue weighted by Crippen LogP contribution is -2.34. The summed E-state index contributed by atoms with van der Waals surface area (Å²) < 4.78 is 13.1. The van der Waals surface area contributed by atoms with E-state index in [0.29, 0.717) is 0 Å². The lowest BCUT2D eigenvalue weighted by Gasteiger charge is -2.33. The minimum atomic E-state index is -0.728. The van der Waals surface area contributed by atoms with E-state index in [0.717, 1.165) is 31.6 Å². The van der Waals surface area contributed by atoms with Gasteiger partial charge in [-0.05, 0) is 37.0 Å². The summed E-state index contributed by atoms with van der Waals surface area (Å²) in [5.41, 5.74) is 0.888. The smallest absolute Gasteiger partial charge is 0.303 e. The quantitative estimate of drug-likeness (QED) is 0.878. The Labute approximate surface area is 99.9 Å². The third kappa shape index (κ3) is 3.19. The Hall–Kier alpha value is -1.58. The number of nitrogens with zero attached hydrogens (tertiary/aromatic N) is 1. The van der Waals surface area contributed by atoms with E-state index < -0.39 is 5.97 Å². The standard InChI is InChI=1S/C13H16FNO2/c14-11-2-1-3-12(9-11)15-6-4-10(5-7-15)8-13(16)17/h1-3,9-10H,4-8H2,(H,16,17). The molecule has 0 spiro atoms. The van der Waals surface area contributed by atoms with Crippen molar-refractivity contribution in [3.63, 3.8) is 0 Å². The molecule has 92 valence electrons. The van der Waals surface area contributed by atoms with E-state index in [4.69, 9.17) is 5.11 Å². The van der Waals surface area contributed by atoms with Crippen molar-refractivity contribution in [1.82, 2.24) is 0 Å². The zero-order valence-electron chi connectivity index (χ0n) is 9.60. The molecule has 1 aromatic carbocycles. The van der Waals surface area contributed by atoms with E-state index in [1.807, 2.05) is 6.07 Å². The number of carboxylic acid groups (broad SMARTS) is 1. The van der Waals surface area contributed by atoms with Crippen molar-refractivity contribution in [2.24, 2.45) is 5.92 Å². The van der Waals surface area contributed by atoms with E-state index in [-0.39, 0.29) is 18.2 Å². The van der Waals surface area contributed by atoms with E-state index in [1.165, 1.54) is 12.1 Å². The van der Waals surface area contributed by atoms with Gasteiger partial charge in [0.1, 0.15) is 5.82 Å². The predicted molar refractivity (Wildman–Crippen MR) is 63.6 cm³/mol. The summed E-state index contributed by atoms with van der Waals surface area (Å²) in [7, 11) is 0. The molecule has 3 nitrogen and oxygen atoms in total. The molecule has 1 fully saturated rings. The van der Waals surface area contributed by atoms with Gasteiger partial charge in [-0.3, -0.25) is 4.79 Å².